The summed E-state index contributed by atoms with van der Waals surface area (Å²) < 4.78 is 48.4. The topological polar surface area (TPSA) is 101 Å². The number of rotatable bonds is 7. The van der Waals surface area contributed by atoms with Crippen molar-refractivity contribution in [2.24, 2.45) is 0 Å². The van der Waals surface area contributed by atoms with Crippen LogP contribution in [0.3, 0.4) is 0 Å². The van der Waals surface area contributed by atoms with Gasteiger partial charge in [-0.3, -0.25) is 14.5 Å². The molecule has 2 aromatic heterocycles. The van der Waals surface area contributed by atoms with Gasteiger partial charge in [-0.05, 0) is 55.8 Å². The van der Waals surface area contributed by atoms with Gasteiger partial charge in [-0.1, -0.05) is 25.1 Å². The summed E-state index contributed by atoms with van der Waals surface area (Å²) in [7, 11) is -4.13. The number of aryl methyl sites for hydroxylation is 1. The fourth-order valence-corrected chi connectivity index (χ4v) is 4.80. The molecule has 0 radical (unpaired) electrons. The first kappa shape index (κ1) is 22.5. The molecule has 1 amide bonds. The van der Waals surface area contributed by atoms with Gasteiger partial charge in [0.25, 0.3) is 15.9 Å². The van der Waals surface area contributed by atoms with E-state index < -0.39 is 27.8 Å². The first-order valence-electron chi connectivity index (χ1n) is 10.3. The number of carbonyl (C=O) groups is 1. The number of halogens is 1. The highest BCUT2D eigenvalue weighted by atomic mass is 32.2. The Labute approximate surface area is 192 Å². The van der Waals surface area contributed by atoms with E-state index in [0.717, 1.165) is 12.1 Å². The van der Waals surface area contributed by atoms with Gasteiger partial charge in [0.2, 0.25) is 0 Å². The molecule has 1 unspecified atom stereocenters. The second-order valence-electron chi connectivity index (χ2n) is 7.51. The van der Waals surface area contributed by atoms with Crippen molar-refractivity contribution in [2.45, 2.75) is 31.2 Å². The molecule has 0 spiro atoms. The zero-order valence-electron chi connectivity index (χ0n) is 18.0. The molecule has 2 aromatic carbocycles. The number of hydrogen-bond acceptors (Lipinski definition) is 5. The van der Waals surface area contributed by atoms with Crippen LogP contribution in [0, 0.1) is 12.7 Å². The van der Waals surface area contributed by atoms with Crippen molar-refractivity contribution in [1.29, 1.82) is 0 Å². The smallest absolute Gasteiger partial charge is 0.264 e. The molecule has 2 heterocycles. The minimum absolute atomic E-state index is 0. The third-order valence-electron chi connectivity index (χ3n) is 5.17. The number of hydrogen-bond donors (Lipinski definition) is 2. The Balaban J connectivity index is 0.00000324. The summed E-state index contributed by atoms with van der Waals surface area (Å²) in [4.78, 5) is 17.2. The minimum atomic E-state index is -4.13. The van der Waals surface area contributed by atoms with E-state index in [1.807, 2.05) is 6.92 Å². The summed E-state index contributed by atoms with van der Waals surface area (Å²) in [6.45, 7) is 3.66. The Morgan fingerprint density at radius 3 is 2.67 bits per heavy atom. The molecule has 4 rings (SSSR count). The molecule has 0 aliphatic heterocycles. The molecule has 9 heteroatoms. The monoisotopic (exact) mass is 469 g/mol. The summed E-state index contributed by atoms with van der Waals surface area (Å²) in [5.74, 6) is -0.0507. The lowest BCUT2D eigenvalue weighted by Gasteiger charge is -2.17. The Morgan fingerprint density at radius 2 is 1.94 bits per heavy atom. The predicted molar refractivity (Wildman–Crippen MR) is 125 cm³/mol. The van der Waals surface area contributed by atoms with Crippen molar-refractivity contribution in [3.05, 3.63) is 89.8 Å². The van der Waals surface area contributed by atoms with Gasteiger partial charge >= 0.3 is 0 Å². The van der Waals surface area contributed by atoms with E-state index in [-0.39, 0.29) is 17.6 Å². The van der Waals surface area contributed by atoms with Crippen LogP contribution >= 0.6 is 0 Å². The van der Waals surface area contributed by atoms with E-state index in [4.69, 9.17) is 4.42 Å². The Bertz CT molecular complexity index is 1430. The number of pyridine rings is 1. The zero-order valence-corrected chi connectivity index (χ0v) is 18.8. The van der Waals surface area contributed by atoms with Crippen LogP contribution in [-0.4, -0.2) is 19.3 Å². The van der Waals surface area contributed by atoms with Crippen molar-refractivity contribution >= 4 is 32.5 Å². The molecule has 172 valence electrons. The Morgan fingerprint density at radius 1 is 1.15 bits per heavy atom. The predicted octanol–water partition coefficient (Wildman–Crippen LogP) is 5.20. The quantitative estimate of drug-likeness (QED) is 0.387. The van der Waals surface area contributed by atoms with Gasteiger partial charge in [0.15, 0.2) is 0 Å². The second kappa shape index (κ2) is 9.03. The number of fused-ring (bicyclic) bond motifs is 1. The normalized spacial score (nSPS) is 12.5. The van der Waals surface area contributed by atoms with Gasteiger partial charge in [0.05, 0.1) is 22.8 Å². The van der Waals surface area contributed by atoms with Gasteiger partial charge < -0.3 is 9.73 Å². The van der Waals surface area contributed by atoms with E-state index in [1.54, 1.807) is 43.3 Å². The maximum Gasteiger partial charge on any atom is 0.264 e. The third-order valence-corrected chi connectivity index (χ3v) is 6.57. The van der Waals surface area contributed by atoms with Crippen LogP contribution in [0.25, 0.3) is 10.9 Å². The third kappa shape index (κ3) is 4.73. The van der Waals surface area contributed by atoms with Crippen LogP contribution in [0.5, 0.6) is 0 Å². The highest BCUT2D eigenvalue weighted by Crippen LogP contribution is 2.27. The molecule has 0 bridgehead atoms. The standard InChI is InChI=1S/C24H22FN3O4S.H2/c1-3-19(21-12-9-15(2)32-21)27-24(29)18-14-17(25)10-11-20(18)28-33(30,31)22-8-4-6-16-7-5-13-26-23(16)22;/h4-14,19,28H,3H2,1-2H3,(H,27,29);1H. The number of amides is 1. The highest BCUT2D eigenvalue weighted by Gasteiger charge is 2.24. The molecule has 0 aliphatic carbocycles. The van der Waals surface area contributed by atoms with Crippen LogP contribution in [-0.2, 0) is 10.0 Å². The van der Waals surface area contributed by atoms with Gasteiger partial charge in [-0.15, -0.1) is 0 Å². The zero-order chi connectivity index (χ0) is 23.6. The summed E-state index contributed by atoms with van der Waals surface area (Å²) >= 11 is 0. The number of sulfonamides is 1. The molecule has 0 aliphatic rings. The van der Waals surface area contributed by atoms with Crippen LogP contribution in [0.1, 0.15) is 42.7 Å². The number of carbonyl (C=O) groups excluding carboxylic acids is 1. The fourth-order valence-electron chi connectivity index (χ4n) is 3.54. The van der Waals surface area contributed by atoms with Crippen LogP contribution in [0.4, 0.5) is 10.1 Å². The number of benzene rings is 2. The SMILES string of the molecule is CCC(NC(=O)c1cc(F)ccc1NS(=O)(=O)c1cccc2cccnc12)c1ccc(C)o1.[HH]. The first-order valence-corrected chi connectivity index (χ1v) is 11.8. The lowest BCUT2D eigenvalue weighted by Crippen LogP contribution is -2.29. The fraction of sp³-hybridized carbons (Fsp3) is 0.167. The lowest BCUT2D eigenvalue weighted by atomic mass is 10.1. The van der Waals surface area contributed by atoms with E-state index in [2.05, 4.69) is 15.0 Å². The first-order chi connectivity index (χ1) is 15.8. The van der Waals surface area contributed by atoms with Gasteiger partial charge in [-0.25, -0.2) is 12.8 Å². The van der Waals surface area contributed by atoms with E-state index in [9.17, 15) is 17.6 Å². The van der Waals surface area contributed by atoms with E-state index in [1.165, 1.54) is 18.3 Å². The second-order valence-corrected chi connectivity index (χ2v) is 9.16. The summed E-state index contributed by atoms with van der Waals surface area (Å²) in [6.07, 6.45) is 2.02. The van der Waals surface area contributed by atoms with Gasteiger partial charge in [0.1, 0.15) is 22.2 Å². The number of anilines is 1. The minimum Gasteiger partial charge on any atom is -0.464 e. The number of aromatic nitrogens is 1. The van der Waals surface area contributed by atoms with E-state index in [0.29, 0.717) is 28.8 Å². The molecule has 33 heavy (non-hydrogen) atoms. The van der Waals surface area contributed by atoms with Crippen molar-refractivity contribution in [1.82, 2.24) is 10.3 Å². The highest BCUT2D eigenvalue weighted by molar-refractivity contribution is 7.93. The number of para-hydroxylation sites is 1. The molecular weight excluding hydrogens is 445 g/mol. The maximum atomic E-state index is 14.0. The largest absolute Gasteiger partial charge is 0.464 e. The molecule has 0 saturated carbocycles. The average molecular weight is 470 g/mol. The lowest BCUT2D eigenvalue weighted by molar-refractivity contribution is 0.0930. The summed E-state index contributed by atoms with van der Waals surface area (Å²) in [5, 5.41) is 3.44. The number of nitrogens with one attached hydrogen (secondary N) is 2. The molecule has 7 nitrogen and oxygen atoms in total. The Kier molecular flexibility index (Phi) is 6.15. The molecule has 0 fully saturated rings. The average Bonchev–Trinajstić information content (AvgIpc) is 3.24. The van der Waals surface area contributed by atoms with Gasteiger partial charge in [0, 0.05) is 13.0 Å². The molecule has 1 atom stereocenters. The van der Waals surface area contributed by atoms with Crippen molar-refractivity contribution < 1.29 is 23.4 Å². The molecule has 2 N–H and O–H groups in total. The van der Waals surface area contributed by atoms with Crippen LogP contribution < -0.4 is 10.0 Å². The van der Waals surface area contributed by atoms with Crippen LogP contribution in [0.2, 0.25) is 0 Å². The van der Waals surface area contributed by atoms with E-state index >= 15 is 0 Å². The summed E-state index contributed by atoms with van der Waals surface area (Å²) in [5.41, 5.74) is 0.0978. The van der Waals surface area contributed by atoms with Crippen molar-refractivity contribution in [2.75, 3.05) is 4.72 Å². The van der Waals surface area contributed by atoms with Gasteiger partial charge in [-0.2, -0.15) is 0 Å². The summed E-state index contributed by atoms with van der Waals surface area (Å²) in [6, 6.07) is 14.6. The number of nitrogens with zero attached hydrogens (tertiary/aromatic N) is 1. The Hall–Kier alpha value is -3.72. The molecular formula is C24H24FN3O4S. The molecule has 4 aromatic rings. The van der Waals surface area contributed by atoms with Crippen molar-refractivity contribution in [3.8, 4) is 0 Å². The molecule has 0 saturated heterocycles. The maximum absolute atomic E-state index is 14.0. The number of furan rings is 1. The van der Waals surface area contributed by atoms with Crippen LogP contribution in [0.15, 0.2) is 76.2 Å². The van der Waals surface area contributed by atoms with Crippen molar-refractivity contribution in [3.63, 3.8) is 0 Å².